The quantitative estimate of drug-likeness (QED) is 0.784. The van der Waals surface area contributed by atoms with Crippen LogP contribution in [-0.2, 0) is 6.18 Å². The molecule has 3 heterocycles. The predicted octanol–water partition coefficient (Wildman–Crippen LogP) is 3.35. The summed E-state index contributed by atoms with van der Waals surface area (Å²) in [5.74, 6) is 0.435. The lowest BCUT2D eigenvalue weighted by atomic mass is 10.3. The largest absolute Gasteiger partial charge is 0.433 e. The van der Waals surface area contributed by atoms with Gasteiger partial charge in [0.25, 0.3) is 0 Å². The van der Waals surface area contributed by atoms with Gasteiger partial charge in [0, 0.05) is 0 Å². The Balaban J connectivity index is 1.74. The molecule has 0 aromatic carbocycles. The molecule has 120 valence electrons. The lowest BCUT2D eigenvalue weighted by molar-refractivity contribution is -0.141. The highest BCUT2D eigenvalue weighted by Gasteiger charge is 2.69. The summed E-state index contributed by atoms with van der Waals surface area (Å²) < 4.78 is 38.4. The van der Waals surface area contributed by atoms with Gasteiger partial charge >= 0.3 is 6.18 Å². The summed E-state index contributed by atoms with van der Waals surface area (Å²) in [4.78, 5) is 17.9. The number of hydrogen-bond donors (Lipinski definition) is 0. The van der Waals surface area contributed by atoms with Crippen LogP contribution in [-0.4, -0.2) is 31.5 Å². The summed E-state index contributed by atoms with van der Waals surface area (Å²) in [5, 5.41) is -0.0564. The molecule has 0 N–H and O–H groups in total. The zero-order valence-corrected chi connectivity index (χ0v) is 12.7. The molecule has 23 heavy (non-hydrogen) atoms. The molecule has 2 fully saturated rings. The fourth-order valence-corrected chi connectivity index (χ4v) is 3.13. The molecule has 9 heteroatoms. The minimum absolute atomic E-state index is 0.0183. The van der Waals surface area contributed by atoms with Crippen LogP contribution in [0.15, 0.2) is 18.2 Å². The molecule has 1 aliphatic carbocycles. The van der Waals surface area contributed by atoms with Crippen molar-refractivity contribution in [2.45, 2.75) is 37.5 Å². The van der Waals surface area contributed by atoms with Crippen LogP contribution < -0.4 is 4.90 Å². The van der Waals surface area contributed by atoms with Gasteiger partial charge in [-0.3, -0.25) is 0 Å². The molecule has 2 aliphatic rings. The number of nitrogens with zero attached hydrogens (tertiary/aromatic N) is 5. The Morgan fingerprint density at radius 3 is 2.52 bits per heavy atom. The summed E-state index contributed by atoms with van der Waals surface area (Å²) in [6.07, 6.45) is -2.40. The predicted molar refractivity (Wildman–Crippen MR) is 77.0 cm³/mol. The highest BCUT2D eigenvalue weighted by molar-refractivity contribution is 6.28. The third-order valence-corrected chi connectivity index (χ3v) is 4.59. The molecule has 2 aromatic rings. The van der Waals surface area contributed by atoms with Crippen molar-refractivity contribution >= 4 is 17.5 Å². The Bertz CT molecular complexity index is 790. The Hall–Kier alpha value is -1.96. The Morgan fingerprint density at radius 1 is 1.17 bits per heavy atom. The zero-order valence-electron chi connectivity index (χ0n) is 12.0. The van der Waals surface area contributed by atoms with Gasteiger partial charge in [0.15, 0.2) is 5.82 Å². The lowest BCUT2D eigenvalue weighted by Crippen LogP contribution is -2.10. The van der Waals surface area contributed by atoms with Crippen LogP contribution in [0.3, 0.4) is 0 Å². The van der Waals surface area contributed by atoms with Gasteiger partial charge < -0.3 is 4.90 Å². The highest BCUT2D eigenvalue weighted by atomic mass is 35.5. The molecule has 2 aromatic heterocycles. The maximum atomic E-state index is 12.8. The summed E-state index contributed by atoms with van der Waals surface area (Å²) in [7, 11) is 0. The van der Waals surface area contributed by atoms with Crippen LogP contribution in [0.5, 0.6) is 0 Å². The molecule has 1 aliphatic heterocycles. The summed E-state index contributed by atoms with van der Waals surface area (Å²) >= 11 is 5.92. The fraction of sp³-hybridized carbons (Fsp3) is 0.429. The van der Waals surface area contributed by atoms with Crippen molar-refractivity contribution in [1.29, 1.82) is 0 Å². The maximum absolute atomic E-state index is 12.8. The van der Waals surface area contributed by atoms with E-state index in [-0.39, 0.29) is 22.3 Å². The van der Waals surface area contributed by atoms with Gasteiger partial charge in [-0.25, -0.2) is 4.98 Å². The van der Waals surface area contributed by atoms with Crippen LogP contribution in [0.4, 0.5) is 19.1 Å². The van der Waals surface area contributed by atoms with Crippen LogP contribution in [0, 0.1) is 0 Å². The van der Waals surface area contributed by atoms with E-state index in [0.29, 0.717) is 12.0 Å². The second-order valence-electron chi connectivity index (χ2n) is 5.78. The molecule has 0 amide bonds. The molecule has 1 spiro atoms. The van der Waals surface area contributed by atoms with Crippen molar-refractivity contribution in [3.8, 4) is 11.5 Å². The van der Waals surface area contributed by atoms with Crippen LogP contribution in [0.1, 0.15) is 25.5 Å². The third kappa shape index (κ3) is 2.32. The number of hydrogen-bond acceptors (Lipinski definition) is 5. The van der Waals surface area contributed by atoms with E-state index in [9.17, 15) is 13.2 Å². The lowest BCUT2D eigenvalue weighted by Gasteiger charge is -2.08. The molecule has 1 atom stereocenters. The number of alkyl halides is 3. The van der Waals surface area contributed by atoms with Crippen molar-refractivity contribution in [1.82, 2.24) is 19.9 Å². The molecule has 5 nitrogen and oxygen atoms in total. The maximum Gasteiger partial charge on any atom is 0.433 e. The SMILES string of the molecule is C[C@H]1N(c2nc(Cl)nc(-c3cccc(C(F)(F)F)n3)n2)C12CC2. The molecule has 1 saturated heterocycles. The van der Waals surface area contributed by atoms with E-state index in [1.54, 1.807) is 0 Å². The monoisotopic (exact) mass is 341 g/mol. The first-order chi connectivity index (χ1) is 10.8. The first kappa shape index (κ1) is 14.6. The van der Waals surface area contributed by atoms with E-state index >= 15 is 0 Å². The third-order valence-electron chi connectivity index (χ3n) is 4.42. The van der Waals surface area contributed by atoms with E-state index in [2.05, 4.69) is 26.9 Å². The average Bonchev–Trinajstić information content (AvgIpc) is 3.38. The van der Waals surface area contributed by atoms with Gasteiger partial charge in [-0.05, 0) is 43.5 Å². The number of anilines is 1. The molecule has 0 bridgehead atoms. The van der Waals surface area contributed by atoms with E-state index in [1.165, 1.54) is 12.1 Å². The molecule has 1 saturated carbocycles. The highest BCUT2D eigenvalue weighted by Crippen LogP contribution is 2.60. The standard InChI is InChI=1S/C14H11ClF3N5/c1-7-13(5-6-13)23(7)12-21-10(20-11(15)22-12)8-3-2-4-9(19-8)14(16,17)18/h2-4,7H,5-6H2,1H3/t7-,23?/m1/s1. The topological polar surface area (TPSA) is 54.6 Å². The van der Waals surface area contributed by atoms with Crippen molar-refractivity contribution in [2.75, 3.05) is 4.90 Å². The fourth-order valence-electron chi connectivity index (χ4n) is 2.97. The normalized spacial score (nSPS) is 21.6. The second kappa shape index (κ2) is 4.53. The Morgan fingerprint density at radius 2 is 1.91 bits per heavy atom. The smallest absolute Gasteiger partial charge is 0.328 e. The Labute approximate surface area is 134 Å². The molecule has 0 unspecified atom stereocenters. The number of halogens is 4. The van der Waals surface area contributed by atoms with Gasteiger partial charge in [-0.2, -0.15) is 28.1 Å². The summed E-state index contributed by atoms with van der Waals surface area (Å²) in [5.41, 5.74) is -0.861. The minimum atomic E-state index is -4.53. The van der Waals surface area contributed by atoms with E-state index in [1.807, 2.05) is 4.90 Å². The van der Waals surface area contributed by atoms with Crippen molar-refractivity contribution in [3.05, 3.63) is 29.2 Å². The van der Waals surface area contributed by atoms with Gasteiger partial charge in [-0.1, -0.05) is 6.07 Å². The number of aromatic nitrogens is 4. The number of pyridine rings is 1. The first-order valence-corrected chi connectivity index (χ1v) is 7.45. The second-order valence-corrected chi connectivity index (χ2v) is 6.12. The van der Waals surface area contributed by atoms with Crippen LogP contribution >= 0.6 is 11.6 Å². The summed E-state index contributed by atoms with van der Waals surface area (Å²) in [6, 6.07) is 3.90. The zero-order chi connectivity index (χ0) is 16.4. The number of rotatable bonds is 2. The van der Waals surface area contributed by atoms with Crippen LogP contribution in [0.25, 0.3) is 11.5 Å². The molecule has 4 rings (SSSR count). The Kier molecular flexibility index (Phi) is 2.88. The van der Waals surface area contributed by atoms with Gasteiger partial charge in [0.05, 0.1) is 11.6 Å². The van der Waals surface area contributed by atoms with Gasteiger partial charge in [0.1, 0.15) is 11.4 Å². The summed E-state index contributed by atoms with van der Waals surface area (Å²) in [6.45, 7) is 2.06. The van der Waals surface area contributed by atoms with E-state index in [4.69, 9.17) is 11.6 Å². The average molecular weight is 342 g/mol. The molecular weight excluding hydrogens is 331 g/mol. The first-order valence-electron chi connectivity index (χ1n) is 7.07. The molecular formula is C14H11ClF3N5. The van der Waals surface area contributed by atoms with Crippen molar-refractivity contribution < 1.29 is 13.2 Å². The van der Waals surface area contributed by atoms with Crippen molar-refractivity contribution in [2.24, 2.45) is 0 Å². The van der Waals surface area contributed by atoms with E-state index in [0.717, 1.165) is 18.9 Å². The van der Waals surface area contributed by atoms with Crippen LogP contribution in [0.2, 0.25) is 5.28 Å². The minimum Gasteiger partial charge on any atom is -0.328 e. The van der Waals surface area contributed by atoms with Gasteiger partial charge in [-0.15, -0.1) is 0 Å². The molecule has 0 radical (unpaired) electrons. The van der Waals surface area contributed by atoms with E-state index < -0.39 is 11.9 Å². The van der Waals surface area contributed by atoms with Crippen molar-refractivity contribution in [3.63, 3.8) is 0 Å². The van der Waals surface area contributed by atoms with Gasteiger partial charge in [0.2, 0.25) is 11.2 Å².